The zero-order valence-corrected chi connectivity index (χ0v) is 19.4. The van der Waals surface area contributed by atoms with Gasteiger partial charge in [-0.1, -0.05) is 18.2 Å². The van der Waals surface area contributed by atoms with Gasteiger partial charge in [0.15, 0.2) is 0 Å². The van der Waals surface area contributed by atoms with Crippen molar-refractivity contribution in [1.29, 1.82) is 0 Å². The molecule has 1 aliphatic rings. The lowest BCUT2D eigenvalue weighted by molar-refractivity contribution is -0.143. The molecule has 0 spiro atoms. The van der Waals surface area contributed by atoms with Gasteiger partial charge in [0.05, 0.1) is 23.1 Å². The molecule has 194 valence electrons. The summed E-state index contributed by atoms with van der Waals surface area (Å²) in [4.78, 5) is 31.4. The third kappa shape index (κ3) is 5.45. The van der Waals surface area contributed by atoms with E-state index >= 15 is 0 Å². The van der Waals surface area contributed by atoms with Crippen LogP contribution in [-0.2, 0) is 23.6 Å². The Hall–Kier alpha value is -3.89. The number of fused-ring (bicyclic) bond motifs is 1. The number of carbonyl (C=O) groups is 2. The third-order valence-corrected chi connectivity index (χ3v) is 6.28. The standard InChI is InChI=1S/C26H21F6N3O2/c1-35-22(16-12-17(25(27,28)29)14-18(13-16)26(30,31)32)21(19-4-2-3-5-20(19)24(35)37)23(36)34-11-8-15-6-9-33-10-7-15/h2-7,9-10,12-14,21-22H,8,11H2,1H3,(H,34,36). The van der Waals surface area contributed by atoms with Crippen LogP contribution < -0.4 is 5.32 Å². The van der Waals surface area contributed by atoms with Crippen LogP contribution in [0, 0.1) is 0 Å². The van der Waals surface area contributed by atoms with E-state index in [2.05, 4.69) is 10.3 Å². The second kappa shape index (κ2) is 9.87. The van der Waals surface area contributed by atoms with E-state index in [1.807, 2.05) is 0 Å². The monoisotopic (exact) mass is 521 g/mol. The lowest BCUT2D eigenvalue weighted by atomic mass is 9.78. The number of hydrogen-bond donors (Lipinski definition) is 1. The summed E-state index contributed by atoms with van der Waals surface area (Å²) in [5, 5.41) is 2.72. The Bertz CT molecular complexity index is 1280. The van der Waals surface area contributed by atoms with Gasteiger partial charge in [-0.25, -0.2) is 0 Å². The number of carbonyl (C=O) groups excluding carboxylic acids is 2. The van der Waals surface area contributed by atoms with Gasteiger partial charge < -0.3 is 10.2 Å². The molecular weight excluding hydrogens is 500 g/mol. The number of nitrogens with one attached hydrogen (secondary N) is 1. The highest BCUT2D eigenvalue weighted by molar-refractivity contribution is 6.01. The lowest BCUT2D eigenvalue weighted by Crippen LogP contribution is -2.46. The number of nitrogens with zero attached hydrogens (tertiary/aromatic N) is 2. The van der Waals surface area contributed by atoms with Crippen molar-refractivity contribution in [3.63, 3.8) is 0 Å². The molecule has 4 rings (SSSR count). The van der Waals surface area contributed by atoms with Crippen molar-refractivity contribution in [2.75, 3.05) is 13.6 Å². The number of pyridine rings is 1. The van der Waals surface area contributed by atoms with E-state index in [0.717, 1.165) is 10.5 Å². The molecule has 0 saturated heterocycles. The quantitative estimate of drug-likeness (QED) is 0.458. The molecule has 1 aromatic heterocycles. The third-order valence-electron chi connectivity index (χ3n) is 6.28. The minimum Gasteiger partial charge on any atom is -0.355 e. The highest BCUT2D eigenvalue weighted by Crippen LogP contribution is 2.45. The molecular formula is C26H21F6N3O2. The second-order valence-corrected chi connectivity index (χ2v) is 8.66. The first-order valence-corrected chi connectivity index (χ1v) is 11.2. The van der Waals surface area contributed by atoms with Gasteiger partial charge in [0, 0.05) is 31.5 Å². The minimum absolute atomic E-state index is 0.0197. The Labute approximate surface area is 208 Å². The fourth-order valence-electron chi connectivity index (χ4n) is 4.51. The number of likely N-dealkylation sites (N-methyl/N-ethyl adjacent to an activating group) is 1. The Kier molecular flexibility index (Phi) is 6.98. The van der Waals surface area contributed by atoms with Crippen molar-refractivity contribution >= 4 is 11.8 Å². The van der Waals surface area contributed by atoms with Crippen LogP contribution in [0.1, 0.15) is 50.1 Å². The maximum Gasteiger partial charge on any atom is 0.416 e. The Balaban J connectivity index is 1.79. The number of halogens is 6. The molecule has 0 aliphatic carbocycles. The molecule has 0 saturated carbocycles. The number of hydrogen-bond acceptors (Lipinski definition) is 3. The van der Waals surface area contributed by atoms with Crippen LogP contribution >= 0.6 is 0 Å². The summed E-state index contributed by atoms with van der Waals surface area (Å²) in [7, 11) is 1.26. The van der Waals surface area contributed by atoms with Gasteiger partial charge in [-0.2, -0.15) is 26.3 Å². The van der Waals surface area contributed by atoms with Gasteiger partial charge in [0.2, 0.25) is 5.91 Å². The Morgan fingerprint density at radius 3 is 2.14 bits per heavy atom. The van der Waals surface area contributed by atoms with E-state index in [0.29, 0.717) is 18.6 Å². The van der Waals surface area contributed by atoms with E-state index in [4.69, 9.17) is 0 Å². The van der Waals surface area contributed by atoms with Crippen molar-refractivity contribution < 1.29 is 35.9 Å². The molecule has 0 bridgehead atoms. The van der Waals surface area contributed by atoms with Crippen LogP contribution in [0.5, 0.6) is 0 Å². The van der Waals surface area contributed by atoms with E-state index in [9.17, 15) is 35.9 Å². The van der Waals surface area contributed by atoms with Crippen LogP contribution in [0.3, 0.4) is 0 Å². The van der Waals surface area contributed by atoms with E-state index < -0.39 is 52.8 Å². The molecule has 5 nitrogen and oxygen atoms in total. The summed E-state index contributed by atoms with van der Waals surface area (Å²) >= 11 is 0. The van der Waals surface area contributed by atoms with Crippen LogP contribution in [0.25, 0.3) is 0 Å². The average molecular weight is 521 g/mol. The normalized spacial score (nSPS) is 17.9. The predicted molar refractivity (Wildman–Crippen MR) is 121 cm³/mol. The zero-order chi connectivity index (χ0) is 27.0. The smallest absolute Gasteiger partial charge is 0.355 e. The Morgan fingerprint density at radius 2 is 1.54 bits per heavy atom. The first-order chi connectivity index (χ1) is 17.4. The minimum atomic E-state index is -5.08. The molecule has 0 radical (unpaired) electrons. The Morgan fingerprint density at radius 1 is 0.946 bits per heavy atom. The van der Waals surface area contributed by atoms with Gasteiger partial charge in [0.25, 0.3) is 5.91 Å². The first kappa shape index (κ1) is 26.2. The average Bonchev–Trinajstić information content (AvgIpc) is 2.85. The highest BCUT2D eigenvalue weighted by Gasteiger charge is 2.45. The molecule has 11 heteroatoms. The summed E-state index contributed by atoms with van der Waals surface area (Å²) < 4.78 is 81.4. The first-order valence-electron chi connectivity index (χ1n) is 11.2. The molecule has 0 fully saturated rings. The molecule has 2 atom stereocenters. The fraction of sp³-hybridized carbons (Fsp3) is 0.269. The lowest BCUT2D eigenvalue weighted by Gasteiger charge is -2.40. The van der Waals surface area contributed by atoms with Gasteiger partial charge in [0.1, 0.15) is 0 Å². The number of aromatic nitrogens is 1. The second-order valence-electron chi connectivity index (χ2n) is 8.66. The largest absolute Gasteiger partial charge is 0.416 e. The van der Waals surface area contributed by atoms with Crippen molar-refractivity contribution in [1.82, 2.24) is 15.2 Å². The maximum absolute atomic E-state index is 13.6. The number of alkyl halides is 6. The van der Waals surface area contributed by atoms with Crippen molar-refractivity contribution in [2.45, 2.75) is 30.7 Å². The molecule has 2 amide bonds. The van der Waals surface area contributed by atoms with Gasteiger partial charge in [-0.3, -0.25) is 14.6 Å². The summed E-state index contributed by atoms with van der Waals surface area (Å²) in [6, 6.07) is 9.31. The molecule has 37 heavy (non-hydrogen) atoms. The predicted octanol–water partition coefficient (Wildman–Crippen LogP) is 5.39. The van der Waals surface area contributed by atoms with Gasteiger partial charge >= 0.3 is 12.4 Å². The molecule has 2 heterocycles. The topological polar surface area (TPSA) is 62.3 Å². The van der Waals surface area contributed by atoms with E-state index in [1.165, 1.54) is 19.2 Å². The van der Waals surface area contributed by atoms with Crippen LogP contribution in [0.15, 0.2) is 67.0 Å². The summed E-state index contributed by atoms with van der Waals surface area (Å²) in [6.45, 7) is 0.155. The van der Waals surface area contributed by atoms with Gasteiger partial charge in [-0.15, -0.1) is 0 Å². The van der Waals surface area contributed by atoms with Crippen molar-refractivity contribution in [2.24, 2.45) is 0 Å². The molecule has 2 unspecified atom stereocenters. The fourth-order valence-corrected chi connectivity index (χ4v) is 4.51. The molecule has 1 aliphatic heterocycles. The summed E-state index contributed by atoms with van der Waals surface area (Å²) in [5.41, 5.74) is -2.23. The van der Waals surface area contributed by atoms with Crippen LogP contribution in [0.4, 0.5) is 26.3 Å². The van der Waals surface area contributed by atoms with Crippen molar-refractivity contribution in [3.05, 3.63) is 100 Å². The number of benzene rings is 2. The van der Waals surface area contributed by atoms with E-state index in [-0.39, 0.29) is 23.7 Å². The summed E-state index contributed by atoms with van der Waals surface area (Å²) in [5.74, 6) is -2.50. The van der Waals surface area contributed by atoms with Gasteiger partial charge in [-0.05, 0) is 59.5 Å². The zero-order valence-electron chi connectivity index (χ0n) is 19.4. The SMILES string of the molecule is CN1C(=O)c2ccccc2C(C(=O)NCCc2ccncc2)C1c1cc(C(F)(F)F)cc(C(F)(F)F)c1. The highest BCUT2D eigenvalue weighted by atomic mass is 19.4. The maximum atomic E-state index is 13.6. The summed E-state index contributed by atoms with van der Waals surface area (Å²) in [6.07, 6.45) is -6.57. The molecule has 2 aromatic carbocycles. The molecule has 3 aromatic rings. The number of rotatable bonds is 5. The number of amides is 2. The van der Waals surface area contributed by atoms with E-state index in [1.54, 1.807) is 36.7 Å². The van der Waals surface area contributed by atoms with Crippen molar-refractivity contribution in [3.8, 4) is 0 Å². The molecule has 1 N–H and O–H groups in total. The van der Waals surface area contributed by atoms with Crippen LogP contribution in [0.2, 0.25) is 0 Å². The van der Waals surface area contributed by atoms with Crippen LogP contribution in [-0.4, -0.2) is 35.3 Å².